The highest BCUT2D eigenvalue weighted by Gasteiger charge is 2.10. The number of rotatable bonds is 3. The van der Waals surface area contributed by atoms with Gasteiger partial charge in [-0.3, -0.25) is 4.79 Å². The lowest BCUT2D eigenvalue weighted by Gasteiger charge is -2.06. The van der Waals surface area contributed by atoms with Gasteiger partial charge in [-0.1, -0.05) is 18.2 Å². The Morgan fingerprint density at radius 3 is 2.10 bits per heavy atom. The number of anilines is 1. The lowest BCUT2D eigenvalue weighted by atomic mass is 10.0. The van der Waals surface area contributed by atoms with Crippen LogP contribution in [0.25, 0.3) is 11.1 Å². The van der Waals surface area contributed by atoms with E-state index in [-0.39, 0.29) is 17.2 Å². The number of carbonyl (C=O) groups excluding carboxylic acids is 1. The molecule has 0 saturated carbocycles. The minimum Gasteiger partial charge on any atom is -0.507 e. The van der Waals surface area contributed by atoms with Crippen LogP contribution in [-0.2, 0) is 4.79 Å². The summed E-state index contributed by atoms with van der Waals surface area (Å²) in [6, 6.07) is 11.4. The molecule has 0 atom stereocenters. The zero-order valence-corrected chi connectivity index (χ0v) is 10.8. The fraction of sp³-hybridized carbons (Fsp3) is 0.0667. The standard InChI is InChI=1S/C15H13NO4/c1-9(17)16-12-5-2-10(3-6-12)11-4-7-13(15(19)20)14(18)8-11/h2-8,18H,1H3,(H,16,17)(H,19,20). The van der Waals surface area contributed by atoms with Crippen LogP contribution in [0.1, 0.15) is 17.3 Å². The van der Waals surface area contributed by atoms with Crippen LogP contribution in [-0.4, -0.2) is 22.1 Å². The lowest BCUT2D eigenvalue weighted by Crippen LogP contribution is -2.05. The van der Waals surface area contributed by atoms with Gasteiger partial charge in [0, 0.05) is 12.6 Å². The van der Waals surface area contributed by atoms with Crippen LogP contribution in [0.3, 0.4) is 0 Å². The second-order valence-corrected chi connectivity index (χ2v) is 4.30. The van der Waals surface area contributed by atoms with Crippen molar-refractivity contribution < 1.29 is 19.8 Å². The van der Waals surface area contributed by atoms with Crippen LogP contribution in [0, 0.1) is 0 Å². The number of amides is 1. The Kier molecular flexibility index (Phi) is 3.70. The molecule has 0 spiro atoms. The summed E-state index contributed by atoms with van der Waals surface area (Å²) in [6.07, 6.45) is 0. The Labute approximate surface area is 115 Å². The molecule has 2 rings (SSSR count). The SMILES string of the molecule is CC(=O)Nc1ccc(-c2ccc(C(=O)O)c(O)c2)cc1. The molecule has 2 aromatic rings. The maximum Gasteiger partial charge on any atom is 0.339 e. The van der Waals surface area contributed by atoms with E-state index < -0.39 is 5.97 Å². The molecule has 1 amide bonds. The largest absolute Gasteiger partial charge is 0.507 e. The number of nitrogens with one attached hydrogen (secondary N) is 1. The van der Waals surface area contributed by atoms with Gasteiger partial charge in [0.25, 0.3) is 0 Å². The van der Waals surface area contributed by atoms with E-state index in [0.29, 0.717) is 11.3 Å². The van der Waals surface area contributed by atoms with Gasteiger partial charge in [0.15, 0.2) is 0 Å². The normalized spacial score (nSPS) is 10.1. The average Bonchev–Trinajstić information content (AvgIpc) is 2.38. The molecule has 0 aliphatic heterocycles. The molecule has 0 aliphatic carbocycles. The highest BCUT2D eigenvalue weighted by atomic mass is 16.4. The monoisotopic (exact) mass is 271 g/mol. The Morgan fingerprint density at radius 1 is 1.00 bits per heavy atom. The third kappa shape index (κ3) is 2.95. The fourth-order valence-corrected chi connectivity index (χ4v) is 1.84. The Hall–Kier alpha value is -2.82. The molecule has 0 bridgehead atoms. The summed E-state index contributed by atoms with van der Waals surface area (Å²) in [4.78, 5) is 21.7. The summed E-state index contributed by atoms with van der Waals surface area (Å²) >= 11 is 0. The molecule has 0 aromatic heterocycles. The zero-order chi connectivity index (χ0) is 14.7. The van der Waals surface area contributed by atoms with Crippen molar-refractivity contribution in [2.75, 3.05) is 5.32 Å². The van der Waals surface area contributed by atoms with E-state index in [4.69, 9.17) is 5.11 Å². The van der Waals surface area contributed by atoms with E-state index in [1.54, 1.807) is 30.3 Å². The van der Waals surface area contributed by atoms with Crippen molar-refractivity contribution in [3.63, 3.8) is 0 Å². The van der Waals surface area contributed by atoms with Gasteiger partial charge in [-0.25, -0.2) is 4.79 Å². The van der Waals surface area contributed by atoms with Crippen molar-refractivity contribution in [3.8, 4) is 16.9 Å². The topological polar surface area (TPSA) is 86.6 Å². The molecule has 102 valence electrons. The third-order valence-corrected chi connectivity index (χ3v) is 2.77. The van der Waals surface area contributed by atoms with Crippen molar-refractivity contribution in [2.24, 2.45) is 0 Å². The molecule has 3 N–H and O–H groups in total. The van der Waals surface area contributed by atoms with Gasteiger partial charge >= 0.3 is 5.97 Å². The predicted molar refractivity (Wildman–Crippen MR) is 74.8 cm³/mol. The molecule has 0 heterocycles. The first-order chi connectivity index (χ1) is 9.47. The van der Waals surface area contributed by atoms with Crippen molar-refractivity contribution in [1.82, 2.24) is 0 Å². The summed E-state index contributed by atoms with van der Waals surface area (Å²) in [7, 11) is 0. The molecule has 0 radical (unpaired) electrons. The molecule has 20 heavy (non-hydrogen) atoms. The number of carboxylic acids is 1. The van der Waals surface area contributed by atoms with E-state index in [9.17, 15) is 14.7 Å². The molecule has 0 aliphatic rings. The third-order valence-electron chi connectivity index (χ3n) is 2.77. The number of carboxylic acid groups (broad SMARTS) is 1. The van der Waals surface area contributed by atoms with Crippen LogP contribution < -0.4 is 5.32 Å². The van der Waals surface area contributed by atoms with E-state index in [2.05, 4.69) is 5.32 Å². The van der Waals surface area contributed by atoms with Crippen LogP contribution in [0.5, 0.6) is 5.75 Å². The molecular formula is C15H13NO4. The number of hydrogen-bond donors (Lipinski definition) is 3. The number of hydrogen-bond acceptors (Lipinski definition) is 3. The van der Waals surface area contributed by atoms with Crippen LogP contribution in [0.2, 0.25) is 0 Å². The van der Waals surface area contributed by atoms with Gasteiger partial charge in [-0.15, -0.1) is 0 Å². The zero-order valence-electron chi connectivity index (χ0n) is 10.8. The van der Waals surface area contributed by atoms with E-state index in [1.165, 1.54) is 19.1 Å². The maximum absolute atomic E-state index is 10.9. The Bertz CT molecular complexity index is 662. The fourth-order valence-electron chi connectivity index (χ4n) is 1.84. The summed E-state index contributed by atoms with van der Waals surface area (Å²) in [6.45, 7) is 1.43. The first-order valence-corrected chi connectivity index (χ1v) is 5.91. The second kappa shape index (κ2) is 5.44. The van der Waals surface area contributed by atoms with E-state index in [0.717, 1.165) is 5.56 Å². The quantitative estimate of drug-likeness (QED) is 0.801. The first kappa shape index (κ1) is 13.6. The molecule has 5 nitrogen and oxygen atoms in total. The number of aromatic hydroxyl groups is 1. The average molecular weight is 271 g/mol. The van der Waals surface area contributed by atoms with E-state index >= 15 is 0 Å². The van der Waals surface area contributed by atoms with Gasteiger partial charge in [0.2, 0.25) is 5.91 Å². The smallest absolute Gasteiger partial charge is 0.339 e. The van der Waals surface area contributed by atoms with Gasteiger partial charge in [-0.2, -0.15) is 0 Å². The van der Waals surface area contributed by atoms with Crippen LogP contribution in [0.4, 0.5) is 5.69 Å². The molecular weight excluding hydrogens is 258 g/mol. The van der Waals surface area contributed by atoms with E-state index in [1.807, 2.05) is 0 Å². The minimum atomic E-state index is -1.17. The van der Waals surface area contributed by atoms with Crippen molar-refractivity contribution in [2.45, 2.75) is 6.92 Å². The Balaban J connectivity index is 2.30. The number of phenols is 1. The molecule has 2 aromatic carbocycles. The van der Waals surface area contributed by atoms with Crippen molar-refractivity contribution >= 4 is 17.6 Å². The first-order valence-electron chi connectivity index (χ1n) is 5.91. The van der Waals surface area contributed by atoms with Crippen LogP contribution in [0.15, 0.2) is 42.5 Å². The summed E-state index contributed by atoms with van der Waals surface area (Å²) in [5.74, 6) is -1.60. The van der Waals surface area contributed by atoms with Crippen molar-refractivity contribution in [3.05, 3.63) is 48.0 Å². The lowest BCUT2D eigenvalue weighted by molar-refractivity contribution is -0.114. The highest BCUT2D eigenvalue weighted by Crippen LogP contribution is 2.27. The molecule has 0 unspecified atom stereocenters. The number of aromatic carboxylic acids is 1. The molecule has 5 heteroatoms. The predicted octanol–water partition coefficient (Wildman–Crippen LogP) is 2.72. The summed E-state index contributed by atoms with van der Waals surface area (Å²) < 4.78 is 0. The number of carbonyl (C=O) groups is 2. The minimum absolute atomic E-state index is 0.136. The van der Waals surface area contributed by atoms with Crippen LogP contribution >= 0.6 is 0 Å². The molecule has 0 saturated heterocycles. The summed E-state index contributed by atoms with van der Waals surface area (Å²) in [5.41, 5.74) is 2.05. The van der Waals surface area contributed by atoms with Crippen molar-refractivity contribution in [1.29, 1.82) is 0 Å². The Morgan fingerprint density at radius 2 is 1.60 bits per heavy atom. The number of benzene rings is 2. The summed E-state index contributed by atoms with van der Waals surface area (Å²) in [5, 5.41) is 21.2. The van der Waals surface area contributed by atoms with Gasteiger partial charge in [0.1, 0.15) is 11.3 Å². The van der Waals surface area contributed by atoms with Gasteiger partial charge < -0.3 is 15.5 Å². The second-order valence-electron chi connectivity index (χ2n) is 4.30. The van der Waals surface area contributed by atoms with Gasteiger partial charge in [0.05, 0.1) is 0 Å². The molecule has 0 fully saturated rings. The maximum atomic E-state index is 10.9. The van der Waals surface area contributed by atoms with Gasteiger partial charge in [-0.05, 0) is 35.4 Å². The highest BCUT2D eigenvalue weighted by molar-refractivity contribution is 5.92.